The van der Waals surface area contributed by atoms with E-state index < -0.39 is 0 Å². The van der Waals surface area contributed by atoms with Gasteiger partial charge in [-0.2, -0.15) is 0 Å². The normalized spacial score (nSPS) is 19.1. The highest BCUT2D eigenvalue weighted by Crippen LogP contribution is 2.34. The highest BCUT2D eigenvalue weighted by molar-refractivity contribution is 5.60. The van der Waals surface area contributed by atoms with E-state index in [1.165, 1.54) is 12.0 Å². The van der Waals surface area contributed by atoms with Gasteiger partial charge in [0.15, 0.2) is 0 Å². The summed E-state index contributed by atoms with van der Waals surface area (Å²) < 4.78 is 0. The first-order valence-corrected chi connectivity index (χ1v) is 7.88. The average Bonchev–Trinajstić information content (AvgIpc) is 2.88. The minimum absolute atomic E-state index is 0.429. The molecule has 2 rings (SSSR count). The van der Waals surface area contributed by atoms with Crippen LogP contribution in [0.25, 0.3) is 0 Å². The number of aromatic nitrogens is 2. The Balaban J connectivity index is 2.29. The summed E-state index contributed by atoms with van der Waals surface area (Å²) in [6, 6.07) is 0. The van der Waals surface area contributed by atoms with Gasteiger partial charge in [-0.1, -0.05) is 27.7 Å². The smallest absolute Gasteiger partial charge is 0.137 e. The Hall–Kier alpha value is -1.32. The fourth-order valence-electron chi connectivity index (χ4n) is 3.00. The van der Waals surface area contributed by atoms with E-state index in [1.807, 2.05) is 0 Å². The monoisotopic (exact) mass is 276 g/mol. The molecule has 1 N–H and O–H groups in total. The van der Waals surface area contributed by atoms with Crippen molar-refractivity contribution in [2.24, 2.45) is 11.8 Å². The fourth-order valence-corrected chi connectivity index (χ4v) is 3.00. The molecule has 0 amide bonds. The Morgan fingerprint density at radius 1 is 1.30 bits per heavy atom. The number of hydrogen-bond acceptors (Lipinski definition) is 4. The first kappa shape index (κ1) is 15.1. The minimum Gasteiger partial charge on any atom is -0.370 e. The van der Waals surface area contributed by atoms with Gasteiger partial charge in [-0.25, -0.2) is 9.97 Å². The van der Waals surface area contributed by atoms with Crippen LogP contribution in [0.15, 0.2) is 6.33 Å². The Labute approximate surface area is 123 Å². The molecule has 1 aliphatic rings. The molecule has 1 unspecified atom stereocenters. The fraction of sp³-hybridized carbons (Fsp3) is 0.750. The van der Waals surface area contributed by atoms with Gasteiger partial charge in [-0.3, -0.25) is 0 Å². The van der Waals surface area contributed by atoms with Crippen molar-refractivity contribution < 1.29 is 0 Å². The predicted octanol–water partition coefficient (Wildman–Crippen LogP) is 3.51. The average molecular weight is 276 g/mol. The zero-order valence-electron chi connectivity index (χ0n) is 13.5. The second kappa shape index (κ2) is 6.42. The van der Waals surface area contributed by atoms with Crippen molar-refractivity contribution in [3.8, 4) is 0 Å². The summed E-state index contributed by atoms with van der Waals surface area (Å²) in [6.45, 7) is 14.3. The van der Waals surface area contributed by atoms with Crippen LogP contribution in [0.4, 0.5) is 11.6 Å². The van der Waals surface area contributed by atoms with E-state index in [0.717, 1.165) is 43.1 Å². The largest absolute Gasteiger partial charge is 0.370 e. The Bertz CT molecular complexity index is 442. The molecule has 4 heteroatoms. The standard InChI is InChI=1S/C16H28N4/c1-6-17-15-14(12(4)5)16(19-10-18-15)20-8-7-13(9-20)11(2)3/h10-13H,6-9H2,1-5H3,(H,17,18,19). The molecular weight excluding hydrogens is 248 g/mol. The Morgan fingerprint density at radius 3 is 2.60 bits per heavy atom. The summed E-state index contributed by atoms with van der Waals surface area (Å²) in [7, 11) is 0. The number of hydrogen-bond donors (Lipinski definition) is 1. The van der Waals surface area contributed by atoms with Gasteiger partial charge in [0.25, 0.3) is 0 Å². The van der Waals surface area contributed by atoms with Crippen LogP contribution in [0.1, 0.15) is 52.5 Å². The molecule has 1 aromatic heterocycles. The van der Waals surface area contributed by atoms with Crippen molar-refractivity contribution in [2.45, 2.75) is 47.0 Å². The molecule has 1 saturated heterocycles. The van der Waals surface area contributed by atoms with E-state index in [9.17, 15) is 0 Å². The van der Waals surface area contributed by atoms with Gasteiger partial charge in [0, 0.05) is 25.2 Å². The maximum Gasteiger partial charge on any atom is 0.137 e. The highest BCUT2D eigenvalue weighted by Gasteiger charge is 2.28. The zero-order valence-corrected chi connectivity index (χ0v) is 13.5. The van der Waals surface area contributed by atoms with Crippen molar-refractivity contribution in [2.75, 3.05) is 29.9 Å². The van der Waals surface area contributed by atoms with Gasteiger partial charge in [-0.05, 0) is 31.1 Å². The summed E-state index contributed by atoms with van der Waals surface area (Å²) in [4.78, 5) is 11.5. The molecule has 20 heavy (non-hydrogen) atoms. The van der Waals surface area contributed by atoms with E-state index in [4.69, 9.17) is 0 Å². The van der Waals surface area contributed by atoms with Crippen LogP contribution in [0.2, 0.25) is 0 Å². The second-order valence-electron chi connectivity index (χ2n) is 6.38. The van der Waals surface area contributed by atoms with E-state index >= 15 is 0 Å². The molecule has 0 bridgehead atoms. The predicted molar refractivity (Wildman–Crippen MR) is 85.4 cm³/mol. The van der Waals surface area contributed by atoms with E-state index in [1.54, 1.807) is 6.33 Å². The first-order chi connectivity index (χ1) is 9.54. The first-order valence-electron chi connectivity index (χ1n) is 7.88. The van der Waals surface area contributed by atoms with Gasteiger partial charge in [0.1, 0.15) is 18.0 Å². The number of rotatable bonds is 5. The van der Waals surface area contributed by atoms with Gasteiger partial charge >= 0.3 is 0 Å². The van der Waals surface area contributed by atoms with Crippen LogP contribution in [0.3, 0.4) is 0 Å². The summed E-state index contributed by atoms with van der Waals surface area (Å²) in [6.07, 6.45) is 2.97. The lowest BCUT2D eigenvalue weighted by Gasteiger charge is -2.24. The summed E-state index contributed by atoms with van der Waals surface area (Å²) in [5, 5.41) is 3.38. The molecule has 0 saturated carbocycles. The molecule has 112 valence electrons. The summed E-state index contributed by atoms with van der Waals surface area (Å²) in [5.41, 5.74) is 1.26. The molecule has 1 aliphatic heterocycles. The second-order valence-corrected chi connectivity index (χ2v) is 6.38. The van der Waals surface area contributed by atoms with Gasteiger partial charge in [-0.15, -0.1) is 0 Å². The molecule has 4 nitrogen and oxygen atoms in total. The topological polar surface area (TPSA) is 41.1 Å². The molecule has 1 aromatic rings. The molecule has 1 fully saturated rings. The number of nitrogens with one attached hydrogen (secondary N) is 1. The highest BCUT2D eigenvalue weighted by atomic mass is 15.2. The van der Waals surface area contributed by atoms with Crippen molar-refractivity contribution >= 4 is 11.6 Å². The van der Waals surface area contributed by atoms with Crippen LogP contribution < -0.4 is 10.2 Å². The Morgan fingerprint density at radius 2 is 2.05 bits per heavy atom. The molecule has 2 heterocycles. The maximum absolute atomic E-state index is 4.59. The molecule has 1 atom stereocenters. The lowest BCUT2D eigenvalue weighted by atomic mass is 9.95. The van der Waals surface area contributed by atoms with Crippen LogP contribution in [-0.2, 0) is 0 Å². The quantitative estimate of drug-likeness (QED) is 0.893. The third-order valence-electron chi connectivity index (χ3n) is 4.25. The molecule has 0 spiro atoms. The van der Waals surface area contributed by atoms with Crippen molar-refractivity contribution in [3.63, 3.8) is 0 Å². The van der Waals surface area contributed by atoms with Gasteiger partial charge in [0.05, 0.1) is 0 Å². The Kier molecular flexibility index (Phi) is 4.84. The van der Waals surface area contributed by atoms with Gasteiger partial charge in [0.2, 0.25) is 0 Å². The van der Waals surface area contributed by atoms with Crippen molar-refractivity contribution in [1.82, 2.24) is 9.97 Å². The lowest BCUT2D eigenvalue weighted by molar-refractivity contribution is 0.422. The SMILES string of the molecule is CCNc1ncnc(N2CCC(C(C)C)C2)c1C(C)C. The lowest BCUT2D eigenvalue weighted by Crippen LogP contribution is -2.24. The maximum atomic E-state index is 4.59. The third kappa shape index (κ3) is 3.05. The van der Waals surface area contributed by atoms with Crippen LogP contribution in [0, 0.1) is 11.8 Å². The molecular formula is C16H28N4. The van der Waals surface area contributed by atoms with Crippen LogP contribution in [0.5, 0.6) is 0 Å². The van der Waals surface area contributed by atoms with E-state index in [0.29, 0.717) is 5.92 Å². The minimum atomic E-state index is 0.429. The van der Waals surface area contributed by atoms with Crippen molar-refractivity contribution in [1.29, 1.82) is 0 Å². The zero-order chi connectivity index (χ0) is 14.7. The molecule has 0 aromatic carbocycles. The van der Waals surface area contributed by atoms with Crippen LogP contribution in [-0.4, -0.2) is 29.6 Å². The van der Waals surface area contributed by atoms with Gasteiger partial charge < -0.3 is 10.2 Å². The molecule has 0 aliphatic carbocycles. The van der Waals surface area contributed by atoms with E-state index in [2.05, 4.69) is 54.8 Å². The third-order valence-corrected chi connectivity index (χ3v) is 4.25. The van der Waals surface area contributed by atoms with Crippen LogP contribution >= 0.6 is 0 Å². The van der Waals surface area contributed by atoms with E-state index in [-0.39, 0.29) is 0 Å². The number of nitrogens with zero attached hydrogens (tertiary/aromatic N) is 3. The summed E-state index contributed by atoms with van der Waals surface area (Å²) in [5.74, 6) is 4.10. The molecule has 0 radical (unpaired) electrons. The summed E-state index contributed by atoms with van der Waals surface area (Å²) >= 11 is 0. The number of anilines is 2. The van der Waals surface area contributed by atoms with Crippen molar-refractivity contribution in [3.05, 3.63) is 11.9 Å².